The molecule has 1 aliphatic heterocycles. The van der Waals surface area contributed by atoms with Gasteiger partial charge >= 0.3 is 12.2 Å². The molecular weight excluding hydrogens is 199 g/mol. The fourth-order valence-corrected chi connectivity index (χ4v) is 1.17. The second-order valence-corrected chi connectivity index (χ2v) is 3.28. The van der Waals surface area contributed by atoms with Crippen LogP contribution in [-0.2, 0) is 0 Å². The Labute approximate surface area is 79.2 Å². The summed E-state index contributed by atoms with van der Waals surface area (Å²) >= 11 is 0. The number of nitrogens with zero attached hydrogens (tertiary/aromatic N) is 1. The summed E-state index contributed by atoms with van der Waals surface area (Å²) in [7, 11) is 0. The molecule has 0 aromatic rings. The lowest BCUT2D eigenvalue weighted by Crippen LogP contribution is -2.56. The first-order valence-electron chi connectivity index (χ1n) is 4.22. The van der Waals surface area contributed by atoms with Crippen molar-refractivity contribution in [3.05, 3.63) is 0 Å². The van der Waals surface area contributed by atoms with Crippen LogP contribution in [0.1, 0.15) is 0 Å². The smallest absolute Gasteiger partial charge is 0.330 e. The lowest BCUT2D eigenvalue weighted by molar-refractivity contribution is -0.123. The number of nitrogens with two attached hydrogens (primary N) is 1. The summed E-state index contributed by atoms with van der Waals surface area (Å²) in [6.45, 7) is 0.0685. The Balaban J connectivity index is 2.18. The minimum atomic E-state index is -4.35. The quantitative estimate of drug-likeness (QED) is 0.683. The van der Waals surface area contributed by atoms with Crippen LogP contribution in [0, 0.1) is 5.92 Å². The molecule has 0 radical (unpaired) electrons. The van der Waals surface area contributed by atoms with Crippen LogP contribution < -0.4 is 11.1 Å². The first kappa shape index (κ1) is 11.1. The highest BCUT2D eigenvalue weighted by molar-refractivity contribution is 5.75. The zero-order chi connectivity index (χ0) is 10.8. The van der Waals surface area contributed by atoms with Crippen LogP contribution >= 0.6 is 0 Å². The molecule has 0 unspecified atom stereocenters. The van der Waals surface area contributed by atoms with Crippen molar-refractivity contribution < 1.29 is 18.0 Å². The number of amides is 2. The molecular formula is C7H12F3N3O. The van der Waals surface area contributed by atoms with Crippen LogP contribution in [0.4, 0.5) is 18.0 Å². The van der Waals surface area contributed by atoms with E-state index < -0.39 is 18.8 Å². The molecule has 0 saturated carbocycles. The van der Waals surface area contributed by atoms with E-state index in [1.807, 2.05) is 0 Å². The molecule has 1 saturated heterocycles. The summed E-state index contributed by atoms with van der Waals surface area (Å²) in [6.07, 6.45) is -4.35. The molecule has 0 bridgehead atoms. The third kappa shape index (κ3) is 3.06. The highest BCUT2D eigenvalue weighted by Gasteiger charge is 2.32. The third-order valence-corrected chi connectivity index (χ3v) is 2.02. The molecule has 3 N–H and O–H groups in total. The van der Waals surface area contributed by atoms with Crippen molar-refractivity contribution in [2.75, 3.05) is 26.2 Å². The topological polar surface area (TPSA) is 58.4 Å². The van der Waals surface area contributed by atoms with E-state index in [-0.39, 0.29) is 5.92 Å². The molecule has 1 aliphatic rings. The number of nitrogens with one attached hydrogen (secondary N) is 1. The van der Waals surface area contributed by atoms with Gasteiger partial charge < -0.3 is 16.0 Å². The zero-order valence-electron chi connectivity index (χ0n) is 7.47. The van der Waals surface area contributed by atoms with Gasteiger partial charge in [0.2, 0.25) is 0 Å². The largest absolute Gasteiger partial charge is 0.405 e. The third-order valence-electron chi connectivity index (χ3n) is 2.02. The van der Waals surface area contributed by atoms with Crippen LogP contribution in [0.25, 0.3) is 0 Å². The van der Waals surface area contributed by atoms with E-state index in [1.54, 1.807) is 5.32 Å². The summed E-state index contributed by atoms with van der Waals surface area (Å²) in [4.78, 5) is 12.3. The number of alkyl halides is 3. The van der Waals surface area contributed by atoms with Gasteiger partial charge in [0.25, 0.3) is 0 Å². The van der Waals surface area contributed by atoms with Crippen molar-refractivity contribution in [1.82, 2.24) is 10.2 Å². The first-order chi connectivity index (χ1) is 6.42. The fourth-order valence-electron chi connectivity index (χ4n) is 1.17. The molecule has 0 aromatic heterocycles. The second-order valence-electron chi connectivity index (χ2n) is 3.28. The van der Waals surface area contributed by atoms with Crippen LogP contribution in [0.15, 0.2) is 0 Å². The van der Waals surface area contributed by atoms with Gasteiger partial charge in [-0.2, -0.15) is 13.2 Å². The maximum Gasteiger partial charge on any atom is 0.405 e. The number of rotatable bonds is 2. The zero-order valence-corrected chi connectivity index (χ0v) is 7.47. The molecule has 1 rings (SSSR count). The van der Waals surface area contributed by atoms with Gasteiger partial charge in [-0.25, -0.2) is 4.79 Å². The van der Waals surface area contributed by atoms with E-state index in [1.165, 1.54) is 4.90 Å². The SMILES string of the molecule is NCC1CN(C(=O)NCC(F)(F)F)C1. The Bertz CT molecular complexity index is 213. The summed E-state index contributed by atoms with van der Waals surface area (Å²) in [5, 5.41) is 1.79. The second kappa shape index (κ2) is 4.04. The van der Waals surface area contributed by atoms with E-state index >= 15 is 0 Å². The number of urea groups is 1. The van der Waals surface area contributed by atoms with Gasteiger partial charge in [-0.1, -0.05) is 0 Å². The molecule has 82 valence electrons. The summed E-state index contributed by atoms with van der Waals surface area (Å²) in [5.41, 5.74) is 5.30. The van der Waals surface area contributed by atoms with E-state index in [9.17, 15) is 18.0 Å². The lowest BCUT2D eigenvalue weighted by atomic mass is 10.0. The highest BCUT2D eigenvalue weighted by atomic mass is 19.4. The van der Waals surface area contributed by atoms with Gasteiger partial charge in [-0.15, -0.1) is 0 Å². The normalized spacial score (nSPS) is 17.9. The van der Waals surface area contributed by atoms with Crippen LogP contribution in [0.2, 0.25) is 0 Å². The molecule has 1 fully saturated rings. The lowest BCUT2D eigenvalue weighted by Gasteiger charge is -2.38. The van der Waals surface area contributed by atoms with Gasteiger partial charge in [0, 0.05) is 19.0 Å². The van der Waals surface area contributed by atoms with Crippen molar-refractivity contribution >= 4 is 6.03 Å². The Hall–Kier alpha value is -0.980. The van der Waals surface area contributed by atoms with Crippen molar-refractivity contribution in [1.29, 1.82) is 0 Å². The monoisotopic (exact) mass is 211 g/mol. The van der Waals surface area contributed by atoms with E-state index in [0.29, 0.717) is 19.6 Å². The number of carbonyl (C=O) groups excluding carboxylic acids is 1. The van der Waals surface area contributed by atoms with Gasteiger partial charge in [0.1, 0.15) is 6.54 Å². The number of hydrogen-bond donors (Lipinski definition) is 2. The predicted octanol–water partition coefficient (Wildman–Crippen LogP) is 0.149. The average molecular weight is 211 g/mol. The molecule has 0 aliphatic carbocycles. The van der Waals surface area contributed by atoms with Crippen LogP contribution in [0.5, 0.6) is 0 Å². The molecule has 0 atom stereocenters. The number of likely N-dealkylation sites (tertiary alicyclic amines) is 1. The predicted molar refractivity (Wildman–Crippen MR) is 43.6 cm³/mol. The molecule has 7 heteroatoms. The summed E-state index contributed by atoms with van der Waals surface area (Å²) in [6, 6.07) is -0.674. The Morgan fingerprint density at radius 1 is 1.50 bits per heavy atom. The Morgan fingerprint density at radius 3 is 2.50 bits per heavy atom. The van der Waals surface area contributed by atoms with E-state index in [4.69, 9.17) is 5.73 Å². The fraction of sp³-hybridized carbons (Fsp3) is 0.857. The maximum atomic E-state index is 11.7. The van der Waals surface area contributed by atoms with Crippen molar-refractivity contribution in [3.8, 4) is 0 Å². The molecule has 1 heterocycles. The Morgan fingerprint density at radius 2 is 2.07 bits per heavy atom. The average Bonchev–Trinajstić information content (AvgIpc) is 1.97. The van der Waals surface area contributed by atoms with Crippen molar-refractivity contribution in [2.24, 2.45) is 11.7 Å². The van der Waals surface area contributed by atoms with Gasteiger partial charge in [0.05, 0.1) is 0 Å². The minimum absolute atomic E-state index is 0.228. The van der Waals surface area contributed by atoms with E-state index in [0.717, 1.165) is 0 Å². The minimum Gasteiger partial charge on any atom is -0.330 e. The molecule has 0 spiro atoms. The number of halogens is 3. The molecule has 2 amide bonds. The number of carbonyl (C=O) groups is 1. The number of hydrogen-bond acceptors (Lipinski definition) is 2. The summed E-state index contributed by atoms with van der Waals surface area (Å²) < 4.78 is 35.1. The maximum absolute atomic E-state index is 11.7. The van der Waals surface area contributed by atoms with Crippen LogP contribution in [0.3, 0.4) is 0 Å². The van der Waals surface area contributed by atoms with Gasteiger partial charge in [-0.3, -0.25) is 0 Å². The van der Waals surface area contributed by atoms with E-state index in [2.05, 4.69) is 0 Å². The Kier molecular flexibility index (Phi) is 3.20. The molecule has 14 heavy (non-hydrogen) atoms. The standard InChI is InChI=1S/C7H12F3N3O/c8-7(9,10)4-12-6(14)13-2-5(1-11)3-13/h5H,1-4,11H2,(H,12,14). The van der Waals surface area contributed by atoms with Crippen molar-refractivity contribution in [3.63, 3.8) is 0 Å². The molecule has 0 aromatic carbocycles. The van der Waals surface area contributed by atoms with Gasteiger partial charge in [0.15, 0.2) is 0 Å². The molecule has 4 nitrogen and oxygen atoms in total. The van der Waals surface area contributed by atoms with Crippen molar-refractivity contribution in [2.45, 2.75) is 6.18 Å². The van der Waals surface area contributed by atoms with Crippen LogP contribution in [-0.4, -0.2) is 43.3 Å². The highest BCUT2D eigenvalue weighted by Crippen LogP contribution is 2.15. The van der Waals surface area contributed by atoms with Gasteiger partial charge in [-0.05, 0) is 6.54 Å². The summed E-state index contributed by atoms with van der Waals surface area (Å²) in [5.74, 6) is 0.228. The first-order valence-corrected chi connectivity index (χ1v) is 4.22.